The molecule has 0 saturated heterocycles. The summed E-state index contributed by atoms with van der Waals surface area (Å²) in [5, 5.41) is 20.4. The fraction of sp³-hybridized carbons (Fsp3) is 0.0526. The zero-order chi connectivity index (χ0) is 19.9. The number of carbonyl (C=O) groups is 3. The molecule has 9 nitrogen and oxygen atoms in total. The maximum atomic E-state index is 12.4. The number of aromatic nitrogens is 2. The Morgan fingerprint density at radius 3 is 2.25 bits per heavy atom. The first kappa shape index (κ1) is 18.8. The molecule has 3 amide bonds. The standard InChI is InChI=1S/C19H17N5O4/c25-17(13-4-2-1-3-5-13)22-15-11-21-23-16(15)19(27)20-10-12-6-8-14(9-7-12)18(26)24-28/h1-9,11,28H,10H2,(H,20,27)(H,21,23)(H,22,25)(H,24,26). The van der Waals surface area contributed by atoms with Crippen LogP contribution < -0.4 is 16.1 Å². The number of rotatable bonds is 6. The highest BCUT2D eigenvalue weighted by Crippen LogP contribution is 2.14. The number of H-pyrrole nitrogens is 1. The molecule has 0 aliphatic heterocycles. The van der Waals surface area contributed by atoms with Gasteiger partial charge in [0.2, 0.25) is 0 Å². The first-order valence-electron chi connectivity index (χ1n) is 8.30. The number of hydrogen-bond acceptors (Lipinski definition) is 5. The molecule has 2 aromatic carbocycles. The minimum atomic E-state index is -0.619. The van der Waals surface area contributed by atoms with E-state index in [0.717, 1.165) is 5.56 Å². The lowest BCUT2D eigenvalue weighted by molar-refractivity contribution is 0.0706. The van der Waals surface area contributed by atoms with Gasteiger partial charge in [-0.2, -0.15) is 5.10 Å². The molecule has 0 saturated carbocycles. The van der Waals surface area contributed by atoms with Gasteiger partial charge in [-0.1, -0.05) is 30.3 Å². The molecule has 1 aromatic heterocycles. The third-order valence-corrected chi connectivity index (χ3v) is 3.92. The van der Waals surface area contributed by atoms with Crippen LogP contribution in [0, 0.1) is 0 Å². The lowest BCUT2D eigenvalue weighted by Gasteiger charge is -2.08. The van der Waals surface area contributed by atoms with E-state index in [-0.39, 0.29) is 29.4 Å². The second-order valence-corrected chi connectivity index (χ2v) is 5.80. The highest BCUT2D eigenvalue weighted by Gasteiger charge is 2.16. The van der Waals surface area contributed by atoms with E-state index in [1.165, 1.54) is 18.3 Å². The molecular weight excluding hydrogens is 362 g/mol. The monoisotopic (exact) mass is 379 g/mol. The third-order valence-electron chi connectivity index (χ3n) is 3.92. The zero-order valence-electron chi connectivity index (χ0n) is 14.6. The first-order chi connectivity index (χ1) is 13.6. The van der Waals surface area contributed by atoms with E-state index in [1.54, 1.807) is 47.9 Å². The molecule has 5 N–H and O–H groups in total. The molecule has 0 aliphatic rings. The summed E-state index contributed by atoms with van der Waals surface area (Å²) in [4.78, 5) is 35.9. The lowest BCUT2D eigenvalue weighted by Crippen LogP contribution is -2.25. The van der Waals surface area contributed by atoms with Crippen molar-refractivity contribution in [2.24, 2.45) is 0 Å². The van der Waals surface area contributed by atoms with Crippen LogP contribution in [0.2, 0.25) is 0 Å². The molecule has 0 unspecified atom stereocenters. The maximum absolute atomic E-state index is 12.4. The minimum Gasteiger partial charge on any atom is -0.347 e. The quantitative estimate of drug-likeness (QED) is 0.328. The van der Waals surface area contributed by atoms with Crippen molar-refractivity contribution in [3.63, 3.8) is 0 Å². The molecule has 1 heterocycles. The summed E-state index contributed by atoms with van der Waals surface area (Å²) in [7, 11) is 0. The summed E-state index contributed by atoms with van der Waals surface area (Å²) in [6, 6.07) is 15.0. The average Bonchev–Trinajstić information content (AvgIpc) is 3.20. The van der Waals surface area contributed by atoms with Gasteiger partial charge in [0.25, 0.3) is 17.7 Å². The van der Waals surface area contributed by atoms with Gasteiger partial charge in [0, 0.05) is 17.7 Å². The second kappa shape index (κ2) is 8.60. The third kappa shape index (κ3) is 4.40. The van der Waals surface area contributed by atoms with Crippen molar-refractivity contribution in [2.45, 2.75) is 6.54 Å². The fourth-order valence-corrected chi connectivity index (χ4v) is 2.45. The molecule has 3 aromatic rings. The van der Waals surface area contributed by atoms with Gasteiger partial charge < -0.3 is 10.6 Å². The number of benzene rings is 2. The zero-order valence-corrected chi connectivity index (χ0v) is 14.6. The van der Waals surface area contributed by atoms with Crippen LogP contribution in [-0.2, 0) is 6.54 Å². The Labute approximate surface area is 159 Å². The van der Waals surface area contributed by atoms with Gasteiger partial charge in [-0.25, -0.2) is 5.48 Å². The highest BCUT2D eigenvalue weighted by molar-refractivity contribution is 6.08. The SMILES string of the molecule is O=C(NO)c1ccc(CNC(=O)c2[nH]ncc2NC(=O)c2ccccc2)cc1. The van der Waals surface area contributed by atoms with Crippen LogP contribution in [-0.4, -0.2) is 33.1 Å². The number of hydrogen-bond donors (Lipinski definition) is 5. The van der Waals surface area contributed by atoms with Crippen molar-refractivity contribution in [1.82, 2.24) is 21.0 Å². The van der Waals surface area contributed by atoms with E-state index in [1.807, 2.05) is 0 Å². The van der Waals surface area contributed by atoms with Crippen LogP contribution in [0.15, 0.2) is 60.8 Å². The van der Waals surface area contributed by atoms with E-state index < -0.39 is 11.8 Å². The van der Waals surface area contributed by atoms with E-state index in [4.69, 9.17) is 5.21 Å². The summed E-state index contributed by atoms with van der Waals surface area (Å²) in [5.41, 5.74) is 3.44. The average molecular weight is 379 g/mol. The Bertz CT molecular complexity index is 983. The smallest absolute Gasteiger partial charge is 0.274 e. The maximum Gasteiger partial charge on any atom is 0.274 e. The predicted molar refractivity (Wildman–Crippen MR) is 99.8 cm³/mol. The topological polar surface area (TPSA) is 136 Å². The van der Waals surface area contributed by atoms with Crippen LogP contribution >= 0.6 is 0 Å². The molecule has 3 rings (SSSR count). The number of aromatic amines is 1. The fourth-order valence-electron chi connectivity index (χ4n) is 2.45. The number of nitrogens with one attached hydrogen (secondary N) is 4. The largest absolute Gasteiger partial charge is 0.347 e. The van der Waals surface area contributed by atoms with E-state index in [2.05, 4.69) is 20.8 Å². The summed E-state index contributed by atoms with van der Waals surface area (Å²) in [6.45, 7) is 0.199. The molecule has 9 heteroatoms. The van der Waals surface area contributed by atoms with Gasteiger partial charge in [0.1, 0.15) is 5.69 Å². The Kier molecular flexibility index (Phi) is 5.78. The van der Waals surface area contributed by atoms with Crippen LogP contribution in [0.3, 0.4) is 0 Å². The molecular formula is C19H17N5O4. The normalized spacial score (nSPS) is 10.2. The van der Waals surface area contributed by atoms with Gasteiger partial charge in [0.15, 0.2) is 0 Å². The van der Waals surface area contributed by atoms with Crippen molar-refractivity contribution in [3.05, 3.63) is 83.2 Å². The van der Waals surface area contributed by atoms with Gasteiger partial charge in [-0.15, -0.1) is 0 Å². The molecule has 0 atom stereocenters. The summed E-state index contributed by atoms with van der Waals surface area (Å²) in [6.07, 6.45) is 1.36. The van der Waals surface area contributed by atoms with E-state index in [0.29, 0.717) is 5.56 Å². The predicted octanol–water partition coefficient (Wildman–Crippen LogP) is 1.71. The lowest BCUT2D eigenvalue weighted by atomic mass is 10.1. The minimum absolute atomic E-state index is 0.126. The van der Waals surface area contributed by atoms with Crippen LogP contribution in [0.1, 0.15) is 36.8 Å². The number of nitrogens with zero attached hydrogens (tertiary/aromatic N) is 1. The Hall–Kier alpha value is -3.98. The highest BCUT2D eigenvalue weighted by atomic mass is 16.5. The van der Waals surface area contributed by atoms with Crippen molar-refractivity contribution in [2.75, 3.05) is 5.32 Å². The Balaban J connectivity index is 1.62. The van der Waals surface area contributed by atoms with Gasteiger partial charge in [-0.3, -0.25) is 24.7 Å². The van der Waals surface area contributed by atoms with Crippen molar-refractivity contribution < 1.29 is 19.6 Å². The van der Waals surface area contributed by atoms with Crippen molar-refractivity contribution in [1.29, 1.82) is 0 Å². The summed E-state index contributed by atoms with van der Waals surface area (Å²) in [5.74, 6) is -1.42. The number of anilines is 1. The van der Waals surface area contributed by atoms with Crippen LogP contribution in [0.5, 0.6) is 0 Å². The molecule has 0 bridgehead atoms. The first-order valence-corrected chi connectivity index (χ1v) is 8.30. The summed E-state index contributed by atoms with van der Waals surface area (Å²) < 4.78 is 0. The van der Waals surface area contributed by atoms with Gasteiger partial charge >= 0.3 is 0 Å². The molecule has 0 radical (unpaired) electrons. The van der Waals surface area contributed by atoms with E-state index in [9.17, 15) is 14.4 Å². The number of amides is 3. The van der Waals surface area contributed by atoms with Gasteiger partial charge in [0.05, 0.1) is 11.9 Å². The number of hydroxylamine groups is 1. The Morgan fingerprint density at radius 1 is 0.893 bits per heavy atom. The van der Waals surface area contributed by atoms with E-state index >= 15 is 0 Å². The number of carbonyl (C=O) groups excluding carboxylic acids is 3. The second-order valence-electron chi connectivity index (χ2n) is 5.80. The van der Waals surface area contributed by atoms with Crippen LogP contribution in [0.25, 0.3) is 0 Å². The molecule has 0 spiro atoms. The molecule has 0 aliphatic carbocycles. The summed E-state index contributed by atoms with van der Waals surface area (Å²) >= 11 is 0. The Morgan fingerprint density at radius 2 is 1.57 bits per heavy atom. The van der Waals surface area contributed by atoms with Crippen LogP contribution in [0.4, 0.5) is 5.69 Å². The van der Waals surface area contributed by atoms with Crippen molar-refractivity contribution in [3.8, 4) is 0 Å². The molecule has 0 fully saturated rings. The molecule has 142 valence electrons. The van der Waals surface area contributed by atoms with Gasteiger partial charge in [-0.05, 0) is 29.8 Å². The van der Waals surface area contributed by atoms with Crippen molar-refractivity contribution >= 4 is 23.4 Å². The molecule has 28 heavy (non-hydrogen) atoms.